The van der Waals surface area contributed by atoms with E-state index >= 15 is 0 Å². The average Bonchev–Trinajstić information content (AvgIpc) is 2.36. The lowest BCUT2D eigenvalue weighted by Gasteiger charge is -2.27. The minimum atomic E-state index is -0.902. The first-order chi connectivity index (χ1) is 8.87. The molecule has 1 rings (SSSR count). The van der Waals surface area contributed by atoms with Gasteiger partial charge in [0.1, 0.15) is 11.4 Å². The Kier molecular flexibility index (Phi) is 4.87. The summed E-state index contributed by atoms with van der Waals surface area (Å²) in [6, 6.07) is 7.96. The second-order valence-electron chi connectivity index (χ2n) is 4.88. The van der Waals surface area contributed by atoms with E-state index in [0.717, 1.165) is 0 Å². The monoisotopic (exact) mass is 263 g/mol. The Labute approximate surface area is 112 Å². The van der Waals surface area contributed by atoms with Crippen LogP contribution in [0.2, 0.25) is 0 Å². The SMILES string of the molecule is CC(C)[C@](C)(C#N)NC(=O)CNc1cccc(F)c1. The number of carbonyl (C=O) groups is 1. The van der Waals surface area contributed by atoms with Crippen molar-refractivity contribution in [2.75, 3.05) is 11.9 Å². The first-order valence-corrected chi connectivity index (χ1v) is 6.09. The van der Waals surface area contributed by atoms with Gasteiger partial charge >= 0.3 is 0 Å². The molecule has 0 aliphatic rings. The molecule has 0 aliphatic carbocycles. The summed E-state index contributed by atoms with van der Waals surface area (Å²) in [6.45, 7) is 5.40. The molecule has 102 valence electrons. The normalized spacial score (nSPS) is 13.5. The van der Waals surface area contributed by atoms with E-state index in [1.165, 1.54) is 12.1 Å². The predicted octanol–water partition coefficient (Wildman–Crippen LogP) is 2.29. The standard InChI is InChI=1S/C14H18FN3O/c1-10(2)14(3,9-16)18-13(19)8-17-12-6-4-5-11(15)7-12/h4-7,10,17H,8H2,1-3H3,(H,18,19)/t14-/m0/s1. The van der Waals surface area contributed by atoms with Gasteiger partial charge in [0.2, 0.25) is 5.91 Å². The number of amides is 1. The molecule has 0 saturated heterocycles. The van der Waals surface area contributed by atoms with Gasteiger partial charge in [-0.1, -0.05) is 19.9 Å². The third-order valence-electron chi connectivity index (χ3n) is 3.06. The third-order valence-corrected chi connectivity index (χ3v) is 3.06. The molecule has 0 aliphatic heterocycles. The van der Waals surface area contributed by atoms with Crippen LogP contribution in [-0.2, 0) is 4.79 Å². The zero-order chi connectivity index (χ0) is 14.5. The van der Waals surface area contributed by atoms with Gasteiger partial charge in [-0.2, -0.15) is 5.26 Å². The van der Waals surface area contributed by atoms with E-state index in [4.69, 9.17) is 5.26 Å². The molecule has 5 heteroatoms. The molecule has 4 nitrogen and oxygen atoms in total. The van der Waals surface area contributed by atoms with E-state index < -0.39 is 5.54 Å². The van der Waals surface area contributed by atoms with Crippen molar-refractivity contribution in [3.63, 3.8) is 0 Å². The summed E-state index contributed by atoms with van der Waals surface area (Å²) in [5, 5.41) is 14.6. The van der Waals surface area contributed by atoms with Crippen LogP contribution < -0.4 is 10.6 Å². The van der Waals surface area contributed by atoms with Crippen molar-refractivity contribution in [3.05, 3.63) is 30.1 Å². The Morgan fingerprint density at radius 2 is 2.21 bits per heavy atom. The molecule has 0 aromatic heterocycles. The number of hydrogen-bond acceptors (Lipinski definition) is 3. The fourth-order valence-electron chi connectivity index (χ4n) is 1.42. The maximum atomic E-state index is 12.9. The highest BCUT2D eigenvalue weighted by molar-refractivity contribution is 5.81. The van der Waals surface area contributed by atoms with Gasteiger partial charge in [-0.05, 0) is 31.0 Å². The lowest BCUT2D eigenvalue weighted by Crippen LogP contribution is -2.50. The van der Waals surface area contributed by atoms with Crippen LogP contribution in [-0.4, -0.2) is 18.0 Å². The van der Waals surface area contributed by atoms with Gasteiger partial charge < -0.3 is 10.6 Å². The van der Waals surface area contributed by atoms with Crippen molar-refractivity contribution in [3.8, 4) is 6.07 Å². The van der Waals surface area contributed by atoms with E-state index in [2.05, 4.69) is 16.7 Å². The Morgan fingerprint density at radius 3 is 2.74 bits per heavy atom. The van der Waals surface area contributed by atoms with Crippen LogP contribution in [0.15, 0.2) is 24.3 Å². The number of nitriles is 1. The number of nitrogens with zero attached hydrogens (tertiary/aromatic N) is 1. The average molecular weight is 263 g/mol. The van der Waals surface area contributed by atoms with E-state index in [9.17, 15) is 9.18 Å². The molecule has 0 bridgehead atoms. The first-order valence-electron chi connectivity index (χ1n) is 6.09. The summed E-state index contributed by atoms with van der Waals surface area (Å²) in [5.74, 6) is -0.674. The highest BCUT2D eigenvalue weighted by Gasteiger charge is 2.29. The van der Waals surface area contributed by atoms with Gasteiger partial charge in [0.15, 0.2) is 0 Å². The number of hydrogen-bond donors (Lipinski definition) is 2. The van der Waals surface area contributed by atoms with Crippen molar-refractivity contribution < 1.29 is 9.18 Å². The molecule has 1 atom stereocenters. The number of nitrogens with one attached hydrogen (secondary N) is 2. The second kappa shape index (κ2) is 6.19. The fourth-order valence-corrected chi connectivity index (χ4v) is 1.42. The number of anilines is 1. The lowest BCUT2D eigenvalue weighted by atomic mass is 9.90. The van der Waals surface area contributed by atoms with Crippen LogP contribution in [0.4, 0.5) is 10.1 Å². The number of benzene rings is 1. The molecule has 2 N–H and O–H groups in total. The van der Waals surface area contributed by atoms with Gasteiger partial charge in [0.25, 0.3) is 0 Å². The van der Waals surface area contributed by atoms with Crippen LogP contribution in [0.1, 0.15) is 20.8 Å². The van der Waals surface area contributed by atoms with Crippen LogP contribution >= 0.6 is 0 Å². The number of rotatable bonds is 5. The zero-order valence-electron chi connectivity index (χ0n) is 11.3. The van der Waals surface area contributed by atoms with Gasteiger partial charge in [-0.25, -0.2) is 4.39 Å². The molecular weight excluding hydrogens is 245 g/mol. The van der Waals surface area contributed by atoms with Crippen molar-refractivity contribution in [2.24, 2.45) is 5.92 Å². The highest BCUT2D eigenvalue weighted by Crippen LogP contribution is 2.15. The second-order valence-corrected chi connectivity index (χ2v) is 4.88. The number of carbonyl (C=O) groups excluding carboxylic acids is 1. The predicted molar refractivity (Wildman–Crippen MR) is 71.9 cm³/mol. The summed E-state index contributed by atoms with van der Waals surface area (Å²) in [5.41, 5.74) is -0.376. The minimum Gasteiger partial charge on any atom is -0.376 e. The van der Waals surface area contributed by atoms with Crippen molar-refractivity contribution >= 4 is 11.6 Å². The maximum absolute atomic E-state index is 12.9. The van der Waals surface area contributed by atoms with Crippen LogP contribution in [0.3, 0.4) is 0 Å². The fraction of sp³-hybridized carbons (Fsp3) is 0.429. The zero-order valence-corrected chi connectivity index (χ0v) is 11.3. The van der Waals surface area contributed by atoms with Crippen LogP contribution in [0.25, 0.3) is 0 Å². The van der Waals surface area contributed by atoms with E-state index in [1.807, 2.05) is 13.8 Å². The molecule has 19 heavy (non-hydrogen) atoms. The summed E-state index contributed by atoms with van der Waals surface area (Å²) in [6.07, 6.45) is 0. The minimum absolute atomic E-state index is 0.00406. The molecule has 1 aromatic carbocycles. The molecule has 0 saturated carbocycles. The quantitative estimate of drug-likeness (QED) is 0.856. The van der Waals surface area contributed by atoms with Crippen LogP contribution in [0.5, 0.6) is 0 Å². The van der Waals surface area contributed by atoms with Crippen LogP contribution in [0, 0.1) is 23.1 Å². The molecular formula is C14H18FN3O. The Balaban J connectivity index is 2.55. The summed E-state index contributed by atoms with van der Waals surface area (Å²) in [7, 11) is 0. The largest absolute Gasteiger partial charge is 0.376 e. The van der Waals surface area contributed by atoms with Gasteiger partial charge in [0, 0.05) is 5.69 Å². The van der Waals surface area contributed by atoms with E-state index in [0.29, 0.717) is 5.69 Å². The molecule has 0 radical (unpaired) electrons. The Morgan fingerprint density at radius 1 is 1.53 bits per heavy atom. The van der Waals surface area contributed by atoms with Crippen molar-refractivity contribution in [2.45, 2.75) is 26.3 Å². The topological polar surface area (TPSA) is 64.9 Å². The smallest absolute Gasteiger partial charge is 0.240 e. The van der Waals surface area contributed by atoms with E-state index in [1.54, 1.807) is 19.1 Å². The third kappa shape index (κ3) is 4.25. The van der Waals surface area contributed by atoms with Gasteiger partial charge in [-0.3, -0.25) is 4.79 Å². The van der Waals surface area contributed by atoms with Crippen molar-refractivity contribution in [1.29, 1.82) is 5.26 Å². The lowest BCUT2D eigenvalue weighted by molar-refractivity contribution is -0.121. The first kappa shape index (κ1) is 15.0. The Bertz CT molecular complexity index is 496. The molecule has 0 spiro atoms. The Hall–Kier alpha value is -2.09. The molecule has 0 unspecified atom stereocenters. The van der Waals surface area contributed by atoms with Crippen molar-refractivity contribution in [1.82, 2.24) is 5.32 Å². The summed E-state index contributed by atoms with van der Waals surface area (Å²) < 4.78 is 12.9. The molecule has 0 fully saturated rings. The summed E-state index contributed by atoms with van der Waals surface area (Å²) >= 11 is 0. The van der Waals surface area contributed by atoms with Gasteiger partial charge in [-0.15, -0.1) is 0 Å². The van der Waals surface area contributed by atoms with Gasteiger partial charge in [0.05, 0.1) is 12.6 Å². The summed E-state index contributed by atoms with van der Waals surface area (Å²) in [4.78, 5) is 11.8. The van der Waals surface area contributed by atoms with E-state index in [-0.39, 0.29) is 24.2 Å². The molecule has 0 heterocycles. The number of halogens is 1. The maximum Gasteiger partial charge on any atom is 0.240 e. The molecule has 1 amide bonds. The highest BCUT2D eigenvalue weighted by atomic mass is 19.1. The molecule has 1 aromatic rings.